The molecule has 0 aliphatic carbocycles. The van der Waals surface area contributed by atoms with Gasteiger partial charge in [-0.15, -0.1) is 0 Å². The van der Waals surface area contributed by atoms with Crippen molar-refractivity contribution in [3.05, 3.63) is 23.9 Å². The Labute approximate surface area is 145 Å². The predicted molar refractivity (Wildman–Crippen MR) is 97.4 cm³/mol. The monoisotopic (exact) mass is 333 g/mol. The fourth-order valence-corrected chi connectivity index (χ4v) is 3.21. The number of ether oxygens (including phenoxy) is 1. The summed E-state index contributed by atoms with van der Waals surface area (Å²) >= 11 is 0. The number of carbonyl (C=O) groups is 1. The number of nitrogens with zero attached hydrogens (tertiary/aromatic N) is 2. The molecule has 0 spiro atoms. The lowest BCUT2D eigenvalue weighted by atomic mass is 9.93. The topological polar surface area (TPSA) is 54.5 Å². The van der Waals surface area contributed by atoms with E-state index in [1.165, 1.54) is 5.56 Å². The van der Waals surface area contributed by atoms with Crippen molar-refractivity contribution in [2.75, 3.05) is 31.1 Å². The van der Waals surface area contributed by atoms with Crippen LogP contribution in [0.3, 0.4) is 0 Å². The van der Waals surface area contributed by atoms with Crippen molar-refractivity contribution in [2.24, 2.45) is 11.8 Å². The van der Waals surface area contributed by atoms with Crippen molar-refractivity contribution in [3.63, 3.8) is 0 Å². The van der Waals surface area contributed by atoms with Gasteiger partial charge in [0.25, 0.3) is 0 Å². The van der Waals surface area contributed by atoms with Crippen LogP contribution in [0.5, 0.6) is 0 Å². The van der Waals surface area contributed by atoms with Gasteiger partial charge in [0.15, 0.2) is 0 Å². The van der Waals surface area contributed by atoms with Crippen LogP contribution in [0.1, 0.15) is 45.6 Å². The minimum Gasteiger partial charge on any atom is -0.450 e. The zero-order chi connectivity index (χ0) is 17.4. The number of aromatic nitrogens is 1. The number of carbonyl (C=O) groups excluding carboxylic acids is 1. The minimum atomic E-state index is -0.305. The zero-order valence-corrected chi connectivity index (χ0v) is 15.3. The highest BCUT2D eigenvalue weighted by Crippen LogP contribution is 2.24. The molecule has 5 nitrogen and oxygen atoms in total. The molecule has 1 aliphatic rings. The summed E-state index contributed by atoms with van der Waals surface area (Å²) in [4.78, 5) is 18.3. The Kier molecular flexibility index (Phi) is 7.35. The van der Waals surface area contributed by atoms with Crippen molar-refractivity contribution in [3.8, 4) is 0 Å². The van der Waals surface area contributed by atoms with Gasteiger partial charge in [0.05, 0.1) is 6.61 Å². The molecule has 1 aromatic rings. The molecule has 1 aromatic heterocycles. The molecule has 1 N–H and O–H groups in total. The van der Waals surface area contributed by atoms with Crippen LogP contribution in [0.15, 0.2) is 18.3 Å². The Morgan fingerprint density at radius 1 is 1.38 bits per heavy atom. The summed E-state index contributed by atoms with van der Waals surface area (Å²) < 4.78 is 4.87. The van der Waals surface area contributed by atoms with E-state index < -0.39 is 0 Å². The van der Waals surface area contributed by atoms with Crippen LogP contribution in [0.2, 0.25) is 0 Å². The molecule has 1 saturated heterocycles. The lowest BCUT2D eigenvalue weighted by Crippen LogP contribution is -2.35. The minimum absolute atomic E-state index is 0.305. The number of hydrogen-bond acceptors (Lipinski definition) is 4. The summed E-state index contributed by atoms with van der Waals surface area (Å²) in [5.41, 5.74) is 1.31. The van der Waals surface area contributed by atoms with Gasteiger partial charge in [0.2, 0.25) is 0 Å². The maximum Gasteiger partial charge on any atom is 0.407 e. The number of rotatable bonds is 7. The van der Waals surface area contributed by atoms with Crippen LogP contribution in [-0.2, 0) is 11.2 Å². The van der Waals surface area contributed by atoms with Crippen molar-refractivity contribution in [1.29, 1.82) is 0 Å². The fraction of sp³-hybridized carbons (Fsp3) is 0.684. The van der Waals surface area contributed by atoms with E-state index in [1.807, 2.05) is 13.1 Å². The Morgan fingerprint density at radius 3 is 2.71 bits per heavy atom. The molecule has 1 aliphatic heterocycles. The highest BCUT2D eigenvalue weighted by Gasteiger charge is 2.20. The maximum atomic E-state index is 11.3. The van der Waals surface area contributed by atoms with Crippen molar-refractivity contribution in [1.82, 2.24) is 10.3 Å². The van der Waals surface area contributed by atoms with E-state index in [9.17, 15) is 4.79 Å². The first-order valence-electron chi connectivity index (χ1n) is 9.19. The maximum absolute atomic E-state index is 11.3. The van der Waals surface area contributed by atoms with Crippen molar-refractivity contribution >= 4 is 11.9 Å². The highest BCUT2D eigenvalue weighted by molar-refractivity contribution is 5.66. The SMILES string of the molecule is CCOC(=O)NCCC1CCN(c2ccc(CC(C)C)cn2)CC1. The first-order valence-corrected chi connectivity index (χ1v) is 9.19. The third-order valence-electron chi connectivity index (χ3n) is 4.49. The van der Waals surface area contributed by atoms with Gasteiger partial charge < -0.3 is 15.0 Å². The molecule has 2 heterocycles. The Morgan fingerprint density at radius 2 is 2.12 bits per heavy atom. The average Bonchev–Trinajstić information content (AvgIpc) is 2.56. The summed E-state index contributed by atoms with van der Waals surface area (Å²) in [6.07, 6.45) is 6.13. The second-order valence-corrected chi connectivity index (χ2v) is 6.99. The zero-order valence-electron chi connectivity index (χ0n) is 15.3. The number of piperidine rings is 1. The number of anilines is 1. The summed E-state index contributed by atoms with van der Waals surface area (Å²) in [5, 5.41) is 2.81. The smallest absolute Gasteiger partial charge is 0.407 e. The molecular formula is C19H31N3O2. The Hall–Kier alpha value is -1.78. The molecule has 0 saturated carbocycles. The quantitative estimate of drug-likeness (QED) is 0.828. The molecule has 1 fully saturated rings. The molecule has 24 heavy (non-hydrogen) atoms. The van der Waals surface area contributed by atoms with Gasteiger partial charge in [-0.05, 0) is 56.1 Å². The fourth-order valence-electron chi connectivity index (χ4n) is 3.21. The predicted octanol–water partition coefficient (Wildman–Crippen LogP) is 3.63. The second kappa shape index (κ2) is 9.50. The van der Waals surface area contributed by atoms with Crippen LogP contribution in [-0.4, -0.2) is 37.3 Å². The Bertz CT molecular complexity index is 494. The molecule has 0 unspecified atom stereocenters. The second-order valence-electron chi connectivity index (χ2n) is 6.99. The van der Waals surface area contributed by atoms with E-state index >= 15 is 0 Å². The number of pyridine rings is 1. The first kappa shape index (κ1) is 18.6. The van der Waals surface area contributed by atoms with E-state index in [0.29, 0.717) is 25.0 Å². The molecule has 0 aromatic carbocycles. The van der Waals surface area contributed by atoms with Gasteiger partial charge in [-0.2, -0.15) is 0 Å². The standard InChI is InChI=1S/C19H31N3O2/c1-4-24-19(23)20-10-7-16-8-11-22(12-9-16)18-6-5-17(14-21-18)13-15(2)3/h5-6,14-16H,4,7-13H2,1-3H3,(H,20,23). The van der Waals surface area contributed by atoms with Crippen LogP contribution >= 0.6 is 0 Å². The molecule has 0 bridgehead atoms. The number of amides is 1. The van der Waals surface area contributed by atoms with Gasteiger partial charge in [-0.3, -0.25) is 0 Å². The highest BCUT2D eigenvalue weighted by atomic mass is 16.5. The van der Waals surface area contributed by atoms with Crippen molar-refractivity contribution in [2.45, 2.75) is 46.5 Å². The lowest BCUT2D eigenvalue weighted by molar-refractivity contribution is 0.151. The molecular weight excluding hydrogens is 302 g/mol. The van der Waals surface area contributed by atoms with Crippen LogP contribution < -0.4 is 10.2 Å². The molecule has 0 atom stereocenters. The number of hydrogen-bond donors (Lipinski definition) is 1. The third-order valence-corrected chi connectivity index (χ3v) is 4.49. The van der Waals surface area contributed by atoms with Gasteiger partial charge in [-0.1, -0.05) is 19.9 Å². The lowest BCUT2D eigenvalue weighted by Gasteiger charge is -2.33. The number of nitrogens with one attached hydrogen (secondary N) is 1. The van der Waals surface area contributed by atoms with Crippen molar-refractivity contribution < 1.29 is 9.53 Å². The van der Waals surface area contributed by atoms with Crippen LogP contribution in [0, 0.1) is 11.8 Å². The van der Waals surface area contributed by atoms with E-state index in [1.54, 1.807) is 0 Å². The van der Waals surface area contributed by atoms with E-state index in [-0.39, 0.29) is 6.09 Å². The molecule has 0 radical (unpaired) electrons. The number of alkyl carbamates (subject to hydrolysis) is 1. The van der Waals surface area contributed by atoms with Crippen LogP contribution in [0.25, 0.3) is 0 Å². The average molecular weight is 333 g/mol. The van der Waals surface area contributed by atoms with Crippen LogP contribution in [0.4, 0.5) is 10.6 Å². The van der Waals surface area contributed by atoms with Gasteiger partial charge in [0.1, 0.15) is 5.82 Å². The summed E-state index contributed by atoms with van der Waals surface area (Å²) in [7, 11) is 0. The summed E-state index contributed by atoms with van der Waals surface area (Å²) in [5.74, 6) is 2.42. The van der Waals surface area contributed by atoms with E-state index in [2.05, 4.69) is 41.2 Å². The molecule has 134 valence electrons. The van der Waals surface area contributed by atoms with E-state index in [4.69, 9.17) is 4.74 Å². The van der Waals surface area contributed by atoms with Gasteiger partial charge in [-0.25, -0.2) is 9.78 Å². The third kappa shape index (κ3) is 6.02. The Balaban J connectivity index is 1.71. The normalized spacial score (nSPS) is 15.6. The van der Waals surface area contributed by atoms with Gasteiger partial charge in [0, 0.05) is 25.8 Å². The first-order chi connectivity index (χ1) is 11.6. The molecule has 5 heteroatoms. The van der Waals surface area contributed by atoms with Gasteiger partial charge >= 0.3 is 6.09 Å². The summed E-state index contributed by atoms with van der Waals surface area (Å²) in [6, 6.07) is 4.36. The largest absolute Gasteiger partial charge is 0.450 e. The van der Waals surface area contributed by atoms with E-state index in [0.717, 1.165) is 44.6 Å². The summed E-state index contributed by atoms with van der Waals surface area (Å²) in [6.45, 7) is 9.49. The molecule has 1 amide bonds. The molecule has 2 rings (SSSR count).